The maximum Gasteiger partial charge on any atom is 0.319 e. The Hall–Kier alpha value is -2.60. The Morgan fingerprint density at radius 3 is 2.54 bits per heavy atom. The zero-order valence-corrected chi connectivity index (χ0v) is 16.4. The standard InChI is InChI=1S/C20H20BrN3O2/c1-11-8-9-16(12(2)10-11)23-19(25)17-13(3)22-20(26)24-18(17)14-6-4-5-7-15(14)21/h4-10,18H,1-3H3,(H,23,25)(H2,22,24,26)/t18-/m0/s1. The first-order valence-electron chi connectivity index (χ1n) is 8.28. The van der Waals surface area contributed by atoms with E-state index in [1.54, 1.807) is 6.92 Å². The largest absolute Gasteiger partial charge is 0.327 e. The Balaban J connectivity index is 1.98. The predicted molar refractivity (Wildman–Crippen MR) is 106 cm³/mol. The first-order chi connectivity index (χ1) is 12.4. The van der Waals surface area contributed by atoms with Crippen LogP contribution in [0.25, 0.3) is 0 Å². The van der Waals surface area contributed by atoms with E-state index in [-0.39, 0.29) is 11.9 Å². The van der Waals surface area contributed by atoms with E-state index in [1.807, 2.05) is 56.3 Å². The normalized spacial score (nSPS) is 16.8. The molecule has 2 aromatic rings. The van der Waals surface area contributed by atoms with Gasteiger partial charge in [-0.25, -0.2) is 4.79 Å². The van der Waals surface area contributed by atoms with Gasteiger partial charge in [0, 0.05) is 15.9 Å². The fourth-order valence-corrected chi connectivity index (χ4v) is 3.59. The average Bonchev–Trinajstić information content (AvgIpc) is 2.57. The summed E-state index contributed by atoms with van der Waals surface area (Å²) in [7, 11) is 0. The minimum absolute atomic E-state index is 0.247. The second kappa shape index (κ2) is 7.33. The molecule has 1 heterocycles. The van der Waals surface area contributed by atoms with Crippen LogP contribution in [-0.2, 0) is 4.79 Å². The minimum Gasteiger partial charge on any atom is -0.327 e. The number of halogens is 1. The van der Waals surface area contributed by atoms with Crippen LogP contribution in [0.1, 0.15) is 29.7 Å². The number of carbonyl (C=O) groups is 2. The number of benzene rings is 2. The van der Waals surface area contributed by atoms with Crippen molar-refractivity contribution in [2.24, 2.45) is 0 Å². The van der Waals surface area contributed by atoms with Crippen LogP contribution in [0, 0.1) is 13.8 Å². The molecule has 1 aliphatic rings. The first-order valence-corrected chi connectivity index (χ1v) is 9.07. The molecule has 2 aromatic carbocycles. The number of nitrogens with one attached hydrogen (secondary N) is 3. The summed E-state index contributed by atoms with van der Waals surface area (Å²) in [5, 5.41) is 8.51. The monoisotopic (exact) mass is 413 g/mol. The predicted octanol–water partition coefficient (Wildman–Crippen LogP) is 4.33. The maximum absolute atomic E-state index is 13.0. The van der Waals surface area contributed by atoms with Crippen LogP contribution in [-0.4, -0.2) is 11.9 Å². The topological polar surface area (TPSA) is 70.2 Å². The summed E-state index contributed by atoms with van der Waals surface area (Å²) in [5.41, 5.74) is 4.72. The van der Waals surface area contributed by atoms with Crippen LogP contribution in [0.4, 0.5) is 10.5 Å². The molecule has 0 unspecified atom stereocenters. The highest BCUT2D eigenvalue weighted by Crippen LogP contribution is 2.32. The molecule has 0 bridgehead atoms. The molecule has 3 N–H and O–H groups in total. The van der Waals surface area contributed by atoms with Crippen LogP contribution in [0.5, 0.6) is 0 Å². The van der Waals surface area contributed by atoms with Gasteiger partial charge in [-0.2, -0.15) is 0 Å². The number of hydrogen-bond donors (Lipinski definition) is 3. The van der Waals surface area contributed by atoms with Gasteiger partial charge in [-0.05, 0) is 44.0 Å². The molecule has 0 radical (unpaired) electrons. The second-order valence-corrected chi connectivity index (χ2v) is 7.22. The third-order valence-electron chi connectivity index (χ3n) is 4.36. The lowest BCUT2D eigenvalue weighted by Gasteiger charge is -2.29. The number of anilines is 1. The van der Waals surface area contributed by atoms with Crippen molar-refractivity contribution in [3.05, 3.63) is 74.9 Å². The van der Waals surface area contributed by atoms with Crippen molar-refractivity contribution in [3.63, 3.8) is 0 Å². The molecule has 0 fully saturated rings. The molecular formula is C20H20BrN3O2. The van der Waals surface area contributed by atoms with Crippen molar-refractivity contribution in [2.75, 3.05) is 5.32 Å². The minimum atomic E-state index is -0.537. The summed E-state index contributed by atoms with van der Waals surface area (Å²) in [5.74, 6) is -0.247. The van der Waals surface area contributed by atoms with E-state index >= 15 is 0 Å². The van der Waals surface area contributed by atoms with Crippen LogP contribution < -0.4 is 16.0 Å². The quantitative estimate of drug-likeness (QED) is 0.700. The number of aryl methyl sites for hydroxylation is 2. The molecule has 3 amide bonds. The molecule has 0 aromatic heterocycles. The fourth-order valence-electron chi connectivity index (χ4n) is 3.08. The van der Waals surface area contributed by atoms with Gasteiger partial charge in [0.25, 0.3) is 5.91 Å². The highest BCUT2D eigenvalue weighted by atomic mass is 79.9. The Labute approximate surface area is 161 Å². The van der Waals surface area contributed by atoms with Crippen molar-refractivity contribution >= 4 is 33.6 Å². The zero-order valence-electron chi connectivity index (χ0n) is 14.8. The summed E-state index contributed by atoms with van der Waals surface area (Å²) in [6, 6.07) is 12.5. The molecule has 0 aliphatic carbocycles. The van der Waals surface area contributed by atoms with Gasteiger partial charge in [0.1, 0.15) is 0 Å². The molecule has 26 heavy (non-hydrogen) atoms. The maximum atomic E-state index is 13.0. The van der Waals surface area contributed by atoms with Crippen LogP contribution in [0.3, 0.4) is 0 Å². The van der Waals surface area contributed by atoms with Gasteiger partial charge in [-0.3, -0.25) is 4.79 Å². The third kappa shape index (κ3) is 3.65. The Morgan fingerprint density at radius 1 is 1.12 bits per heavy atom. The van der Waals surface area contributed by atoms with Crippen LogP contribution in [0.2, 0.25) is 0 Å². The lowest BCUT2D eigenvalue weighted by Crippen LogP contribution is -2.46. The van der Waals surface area contributed by atoms with E-state index in [0.717, 1.165) is 26.9 Å². The lowest BCUT2D eigenvalue weighted by molar-refractivity contribution is -0.113. The molecule has 1 aliphatic heterocycles. The van der Waals surface area contributed by atoms with E-state index < -0.39 is 6.04 Å². The molecule has 0 spiro atoms. The van der Waals surface area contributed by atoms with Gasteiger partial charge >= 0.3 is 6.03 Å². The Bertz CT molecular complexity index is 921. The molecule has 0 saturated heterocycles. The van der Waals surface area contributed by atoms with Crippen molar-refractivity contribution in [1.29, 1.82) is 0 Å². The summed E-state index contributed by atoms with van der Waals surface area (Å²) in [6.07, 6.45) is 0. The fraction of sp³-hybridized carbons (Fsp3) is 0.200. The number of allylic oxidation sites excluding steroid dienone is 1. The van der Waals surface area contributed by atoms with E-state index in [1.165, 1.54) is 0 Å². The van der Waals surface area contributed by atoms with E-state index in [4.69, 9.17) is 0 Å². The Kier molecular flexibility index (Phi) is 5.13. The summed E-state index contributed by atoms with van der Waals surface area (Å²) in [4.78, 5) is 25.0. The van der Waals surface area contributed by atoms with Crippen molar-refractivity contribution in [3.8, 4) is 0 Å². The summed E-state index contributed by atoms with van der Waals surface area (Å²) >= 11 is 3.51. The number of rotatable bonds is 3. The van der Waals surface area contributed by atoms with Crippen LogP contribution >= 0.6 is 15.9 Å². The Morgan fingerprint density at radius 2 is 1.85 bits per heavy atom. The number of urea groups is 1. The first kappa shape index (κ1) is 18.2. The molecule has 1 atom stereocenters. The van der Waals surface area contributed by atoms with Gasteiger partial charge in [0.15, 0.2) is 0 Å². The highest BCUT2D eigenvalue weighted by molar-refractivity contribution is 9.10. The molecular weight excluding hydrogens is 394 g/mol. The van der Waals surface area contributed by atoms with E-state index in [2.05, 4.69) is 31.9 Å². The molecule has 5 nitrogen and oxygen atoms in total. The molecule has 6 heteroatoms. The van der Waals surface area contributed by atoms with E-state index in [0.29, 0.717) is 11.3 Å². The molecule has 3 rings (SSSR count). The lowest BCUT2D eigenvalue weighted by atomic mass is 9.94. The van der Waals surface area contributed by atoms with E-state index in [9.17, 15) is 9.59 Å². The van der Waals surface area contributed by atoms with Crippen LogP contribution in [0.15, 0.2) is 58.2 Å². The summed E-state index contributed by atoms with van der Waals surface area (Å²) in [6.45, 7) is 5.70. The van der Waals surface area contributed by atoms with Gasteiger partial charge in [-0.1, -0.05) is 51.8 Å². The van der Waals surface area contributed by atoms with Crippen molar-refractivity contribution in [1.82, 2.24) is 10.6 Å². The number of amides is 3. The number of carbonyl (C=O) groups excluding carboxylic acids is 2. The zero-order chi connectivity index (χ0) is 18.8. The van der Waals surface area contributed by atoms with Gasteiger partial charge < -0.3 is 16.0 Å². The molecule has 134 valence electrons. The average molecular weight is 414 g/mol. The number of hydrogen-bond acceptors (Lipinski definition) is 2. The van der Waals surface area contributed by atoms with Gasteiger partial charge in [0.05, 0.1) is 11.6 Å². The van der Waals surface area contributed by atoms with Gasteiger partial charge in [0.2, 0.25) is 0 Å². The second-order valence-electron chi connectivity index (χ2n) is 6.36. The van der Waals surface area contributed by atoms with Crippen molar-refractivity contribution < 1.29 is 9.59 Å². The highest BCUT2D eigenvalue weighted by Gasteiger charge is 2.32. The van der Waals surface area contributed by atoms with Gasteiger partial charge in [-0.15, -0.1) is 0 Å². The van der Waals surface area contributed by atoms with Crippen molar-refractivity contribution in [2.45, 2.75) is 26.8 Å². The SMILES string of the molecule is CC1=C(C(=O)Nc2ccc(C)cc2C)[C@H](c2ccccc2Br)NC(=O)N1. The smallest absolute Gasteiger partial charge is 0.319 e. The summed E-state index contributed by atoms with van der Waals surface area (Å²) < 4.78 is 0.830. The molecule has 0 saturated carbocycles. The third-order valence-corrected chi connectivity index (χ3v) is 5.08.